The van der Waals surface area contributed by atoms with Gasteiger partial charge in [0.25, 0.3) is 0 Å². The minimum atomic E-state index is 0.0615. The smallest absolute Gasteiger partial charge is 0.224 e. The van der Waals surface area contributed by atoms with E-state index in [1.54, 1.807) is 0 Å². The van der Waals surface area contributed by atoms with Crippen molar-refractivity contribution in [3.05, 3.63) is 11.8 Å². The summed E-state index contributed by atoms with van der Waals surface area (Å²) in [6.45, 7) is 2.93. The Hall–Kier alpha value is -1.48. The molecule has 8 nitrogen and oxygen atoms in total. The molecule has 4 unspecified atom stereocenters. The molecule has 0 amide bonds. The molecule has 2 aliphatic heterocycles. The minimum Gasteiger partial charge on any atom is -0.395 e. The summed E-state index contributed by atoms with van der Waals surface area (Å²) in [6.07, 6.45) is 4.88. The number of nitrogens with zero attached hydrogens (tertiary/aromatic N) is 3. The number of hydrogen-bond acceptors (Lipinski definition) is 8. The molecule has 1 aromatic rings. The highest BCUT2D eigenvalue weighted by Gasteiger charge is 2.39. The van der Waals surface area contributed by atoms with Crippen LogP contribution in [0.15, 0.2) is 6.07 Å². The van der Waals surface area contributed by atoms with Crippen molar-refractivity contribution >= 4 is 11.8 Å². The van der Waals surface area contributed by atoms with E-state index < -0.39 is 0 Å². The Bertz CT molecular complexity index is 609. The number of aliphatic hydroxyl groups excluding tert-OH is 1. The van der Waals surface area contributed by atoms with Crippen LogP contribution >= 0.6 is 0 Å². The zero-order valence-corrected chi connectivity index (χ0v) is 15.4. The quantitative estimate of drug-likeness (QED) is 0.556. The number of ether oxygens (including phenoxy) is 1. The Kier molecular flexibility index (Phi) is 5.54. The van der Waals surface area contributed by atoms with Crippen LogP contribution in [0.2, 0.25) is 0 Å². The zero-order valence-electron chi connectivity index (χ0n) is 15.4. The standard InChI is InChI=1S/C18H30N6O2/c1-24(10-16-13-3-2-4-14(13)22-23-16)17-9-15(12-5-8-26-11-12)20-18(21-17)19-6-7-25/h9,12-14,16,22-23,25H,2-8,10-11H2,1H3,(H,19,20,21). The maximum Gasteiger partial charge on any atom is 0.224 e. The summed E-state index contributed by atoms with van der Waals surface area (Å²) in [5, 5.41) is 12.2. The summed E-state index contributed by atoms with van der Waals surface area (Å²) in [4.78, 5) is 11.5. The third-order valence-corrected chi connectivity index (χ3v) is 5.88. The highest BCUT2D eigenvalue weighted by molar-refractivity contribution is 5.45. The van der Waals surface area contributed by atoms with E-state index in [9.17, 15) is 0 Å². The Balaban J connectivity index is 1.50. The lowest BCUT2D eigenvalue weighted by molar-refractivity contribution is 0.193. The van der Waals surface area contributed by atoms with Crippen LogP contribution in [0.5, 0.6) is 0 Å². The molecule has 0 aromatic carbocycles. The predicted molar refractivity (Wildman–Crippen MR) is 100 cm³/mol. The van der Waals surface area contributed by atoms with Crippen molar-refractivity contribution in [2.75, 3.05) is 50.2 Å². The van der Waals surface area contributed by atoms with E-state index in [0.29, 0.717) is 36.4 Å². The van der Waals surface area contributed by atoms with E-state index in [0.717, 1.165) is 37.7 Å². The van der Waals surface area contributed by atoms with Crippen molar-refractivity contribution < 1.29 is 9.84 Å². The van der Waals surface area contributed by atoms with Gasteiger partial charge in [0, 0.05) is 50.8 Å². The van der Waals surface area contributed by atoms with Gasteiger partial charge in [0.05, 0.1) is 18.9 Å². The number of hydrogen-bond donors (Lipinski definition) is 4. The predicted octanol–water partition coefficient (Wildman–Crippen LogP) is 0.466. The Morgan fingerprint density at radius 2 is 2.23 bits per heavy atom. The lowest BCUT2D eigenvalue weighted by Crippen LogP contribution is -2.41. The molecule has 1 saturated carbocycles. The lowest BCUT2D eigenvalue weighted by Gasteiger charge is -2.26. The molecule has 3 aliphatic rings. The molecule has 26 heavy (non-hydrogen) atoms. The number of aromatic nitrogens is 2. The second kappa shape index (κ2) is 8.04. The molecule has 144 valence electrons. The van der Waals surface area contributed by atoms with Gasteiger partial charge in [0.1, 0.15) is 5.82 Å². The number of fused-ring (bicyclic) bond motifs is 1. The van der Waals surface area contributed by atoms with Crippen molar-refractivity contribution in [2.24, 2.45) is 5.92 Å². The van der Waals surface area contributed by atoms with E-state index >= 15 is 0 Å². The number of nitrogens with one attached hydrogen (secondary N) is 3. The van der Waals surface area contributed by atoms with Gasteiger partial charge in [0.15, 0.2) is 0 Å². The lowest BCUT2D eigenvalue weighted by atomic mass is 9.97. The molecule has 4 N–H and O–H groups in total. The van der Waals surface area contributed by atoms with Crippen LogP contribution in [-0.2, 0) is 4.74 Å². The molecule has 3 heterocycles. The summed E-state index contributed by atoms with van der Waals surface area (Å²) < 4.78 is 5.54. The molecule has 1 aliphatic carbocycles. The monoisotopic (exact) mass is 362 g/mol. The number of anilines is 2. The molecule has 3 fully saturated rings. The van der Waals surface area contributed by atoms with Crippen LogP contribution in [0.3, 0.4) is 0 Å². The fourth-order valence-corrected chi connectivity index (χ4v) is 4.41. The number of likely N-dealkylation sites (N-methyl/N-ethyl adjacent to an activating group) is 1. The first-order chi connectivity index (χ1) is 12.7. The van der Waals surface area contributed by atoms with Crippen molar-refractivity contribution in [2.45, 2.75) is 43.7 Å². The number of hydrazine groups is 1. The van der Waals surface area contributed by atoms with Crippen molar-refractivity contribution in [1.29, 1.82) is 0 Å². The van der Waals surface area contributed by atoms with Crippen LogP contribution in [-0.4, -0.2) is 67.1 Å². The van der Waals surface area contributed by atoms with Crippen LogP contribution in [0, 0.1) is 5.92 Å². The highest BCUT2D eigenvalue weighted by atomic mass is 16.5. The zero-order chi connectivity index (χ0) is 17.9. The normalized spacial score (nSPS) is 30.5. The third kappa shape index (κ3) is 3.78. The van der Waals surface area contributed by atoms with Gasteiger partial charge in [-0.05, 0) is 25.2 Å². The molecule has 4 rings (SSSR count). The van der Waals surface area contributed by atoms with Crippen LogP contribution in [0.4, 0.5) is 11.8 Å². The molecular weight excluding hydrogens is 332 g/mol. The van der Waals surface area contributed by atoms with Gasteiger partial charge in [0.2, 0.25) is 5.95 Å². The summed E-state index contributed by atoms with van der Waals surface area (Å²) in [5.74, 6) is 2.53. The fraction of sp³-hybridized carbons (Fsp3) is 0.778. The van der Waals surface area contributed by atoms with Gasteiger partial charge < -0.3 is 20.1 Å². The Morgan fingerprint density at radius 3 is 3.04 bits per heavy atom. The van der Waals surface area contributed by atoms with Crippen LogP contribution in [0.25, 0.3) is 0 Å². The average molecular weight is 362 g/mol. The SMILES string of the molecule is CN(CC1NNC2CCCC21)c1cc(C2CCOC2)nc(NCCO)n1. The van der Waals surface area contributed by atoms with Crippen molar-refractivity contribution in [1.82, 2.24) is 20.8 Å². The van der Waals surface area contributed by atoms with Gasteiger partial charge in [-0.3, -0.25) is 10.9 Å². The molecule has 2 saturated heterocycles. The first kappa shape index (κ1) is 17.9. The van der Waals surface area contributed by atoms with E-state index in [1.165, 1.54) is 19.3 Å². The first-order valence-electron chi connectivity index (χ1n) is 9.78. The second-order valence-electron chi connectivity index (χ2n) is 7.66. The summed E-state index contributed by atoms with van der Waals surface area (Å²) >= 11 is 0. The third-order valence-electron chi connectivity index (χ3n) is 5.88. The Labute approximate surface area is 154 Å². The minimum absolute atomic E-state index is 0.0615. The number of rotatable bonds is 7. The Morgan fingerprint density at radius 1 is 1.31 bits per heavy atom. The van der Waals surface area contributed by atoms with E-state index in [4.69, 9.17) is 9.84 Å². The molecule has 0 bridgehead atoms. The molecule has 0 spiro atoms. The fourth-order valence-electron chi connectivity index (χ4n) is 4.41. The van der Waals surface area contributed by atoms with Gasteiger partial charge in [-0.25, -0.2) is 4.98 Å². The summed E-state index contributed by atoms with van der Waals surface area (Å²) in [6, 6.07) is 3.15. The van der Waals surface area contributed by atoms with Crippen LogP contribution in [0.1, 0.15) is 37.3 Å². The van der Waals surface area contributed by atoms with E-state index in [1.807, 2.05) is 0 Å². The molecule has 0 radical (unpaired) electrons. The van der Waals surface area contributed by atoms with E-state index in [-0.39, 0.29) is 6.61 Å². The van der Waals surface area contributed by atoms with Crippen molar-refractivity contribution in [3.8, 4) is 0 Å². The van der Waals surface area contributed by atoms with Gasteiger partial charge >= 0.3 is 0 Å². The molecule has 8 heteroatoms. The van der Waals surface area contributed by atoms with Gasteiger partial charge in [-0.15, -0.1) is 0 Å². The van der Waals surface area contributed by atoms with Crippen LogP contribution < -0.4 is 21.1 Å². The number of aliphatic hydroxyl groups is 1. The largest absolute Gasteiger partial charge is 0.395 e. The maximum absolute atomic E-state index is 9.10. The highest BCUT2D eigenvalue weighted by Crippen LogP contribution is 2.32. The van der Waals surface area contributed by atoms with Crippen molar-refractivity contribution in [3.63, 3.8) is 0 Å². The summed E-state index contributed by atoms with van der Waals surface area (Å²) in [5.41, 5.74) is 7.95. The summed E-state index contributed by atoms with van der Waals surface area (Å²) in [7, 11) is 2.09. The van der Waals surface area contributed by atoms with E-state index in [2.05, 4.69) is 44.2 Å². The molecule has 4 atom stereocenters. The average Bonchev–Trinajstić information content (AvgIpc) is 3.39. The molecular formula is C18H30N6O2. The van der Waals surface area contributed by atoms with Gasteiger partial charge in [-0.1, -0.05) is 6.42 Å². The first-order valence-corrected chi connectivity index (χ1v) is 9.78. The second-order valence-corrected chi connectivity index (χ2v) is 7.66. The molecule has 1 aromatic heterocycles. The maximum atomic E-state index is 9.10. The van der Waals surface area contributed by atoms with Gasteiger partial charge in [-0.2, -0.15) is 4.98 Å². The topological polar surface area (TPSA) is 94.6 Å².